The van der Waals surface area contributed by atoms with Gasteiger partial charge in [-0.25, -0.2) is 18.1 Å². The van der Waals surface area contributed by atoms with Gasteiger partial charge < -0.3 is 10.3 Å². The first-order chi connectivity index (χ1) is 9.46. The van der Waals surface area contributed by atoms with Gasteiger partial charge >= 0.3 is 0 Å². The third kappa shape index (κ3) is 4.07. The van der Waals surface area contributed by atoms with Crippen LogP contribution in [0, 0.1) is 0 Å². The van der Waals surface area contributed by atoms with E-state index in [0.29, 0.717) is 24.2 Å². The zero-order chi connectivity index (χ0) is 14.6. The van der Waals surface area contributed by atoms with E-state index in [1.165, 1.54) is 0 Å². The summed E-state index contributed by atoms with van der Waals surface area (Å²) >= 11 is 0. The van der Waals surface area contributed by atoms with Crippen LogP contribution < -0.4 is 10.5 Å². The lowest BCUT2D eigenvalue weighted by molar-refractivity contribution is 0.579. The predicted octanol–water partition coefficient (Wildman–Crippen LogP) is 0.664. The molecule has 0 saturated heterocycles. The quantitative estimate of drug-likeness (QED) is 0.766. The summed E-state index contributed by atoms with van der Waals surface area (Å²) in [7, 11) is -1.46. The number of nitrogen functional groups attached to an aromatic ring is 1. The van der Waals surface area contributed by atoms with Gasteiger partial charge in [0.05, 0.1) is 5.75 Å². The predicted molar refractivity (Wildman–Crippen MR) is 78.4 cm³/mol. The molecule has 3 N–H and O–H groups in total. The van der Waals surface area contributed by atoms with E-state index >= 15 is 0 Å². The van der Waals surface area contributed by atoms with Gasteiger partial charge in [-0.2, -0.15) is 0 Å². The number of imidazole rings is 1. The van der Waals surface area contributed by atoms with Crippen LogP contribution >= 0.6 is 0 Å². The molecule has 0 aliphatic rings. The Morgan fingerprint density at radius 1 is 1.30 bits per heavy atom. The third-order valence-corrected chi connectivity index (χ3v) is 4.29. The van der Waals surface area contributed by atoms with Crippen LogP contribution in [0.5, 0.6) is 0 Å². The Morgan fingerprint density at radius 3 is 2.60 bits per heavy atom. The maximum absolute atomic E-state index is 11.9. The second kappa shape index (κ2) is 6.06. The van der Waals surface area contributed by atoms with Crippen molar-refractivity contribution >= 4 is 15.7 Å². The van der Waals surface area contributed by atoms with Crippen LogP contribution in [0.25, 0.3) is 0 Å². The van der Waals surface area contributed by atoms with Gasteiger partial charge in [-0.1, -0.05) is 12.1 Å². The fourth-order valence-corrected chi connectivity index (χ4v) is 2.99. The van der Waals surface area contributed by atoms with Crippen LogP contribution in [-0.4, -0.2) is 24.5 Å². The molecule has 0 atom stereocenters. The van der Waals surface area contributed by atoms with Crippen LogP contribution in [0.1, 0.15) is 11.4 Å². The Morgan fingerprint density at radius 2 is 2.00 bits per heavy atom. The van der Waals surface area contributed by atoms with Crippen LogP contribution in [0.15, 0.2) is 36.7 Å². The smallest absolute Gasteiger partial charge is 0.215 e. The van der Waals surface area contributed by atoms with E-state index in [4.69, 9.17) is 5.73 Å². The van der Waals surface area contributed by atoms with Crippen molar-refractivity contribution < 1.29 is 8.42 Å². The normalized spacial score (nSPS) is 11.7. The van der Waals surface area contributed by atoms with Gasteiger partial charge in [0.2, 0.25) is 10.0 Å². The maximum atomic E-state index is 11.9. The Bertz CT molecular complexity index is 662. The molecule has 0 spiro atoms. The molecule has 2 rings (SSSR count). The van der Waals surface area contributed by atoms with Crippen LogP contribution in [-0.2, 0) is 29.2 Å². The Hall–Kier alpha value is -1.86. The first-order valence-corrected chi connectivity index (χ1v) is 7.89. The number of sulfonamides is 1. The van der Waals surface area contributed by atoms with E-state index in [1.807, 2.05) is 17.8 Å². The molecule has 0 fully saturated rings. The molecule has 0 aliphatic heterocycles. The van der Waals surface area contributed by atoms with E-state index < -0.39 is 10.0 Å². The second-order valence-electron chi connectivity index (χ2n) is 4.60. The standard InChI is InChI=1S/C13H18N4O2S/c1-17-9-8-15-13(17)6-7-16-20(18,19)10-11-2-4-12(14)5-3-11/h2-5,8-9,16H,6-7,10,14H2,1H3. The molecule has 0 bridgehead atoms. The number of anilines is 1. The molecule has 2 aromatic rings. The molecule has 6 nitrogen and oxygen atoms in total. The minimum Gasteiger partial charge on any atom is -0.399 e. The fourth-order valence-electron chi connectivity index (χ4n) is 1.84. The van der Waals surface area contributed by atoms with Crippen LogP contribution in [0.4, 0.5) is 5.69 Å². The summed E-state index contributed by atoms with van der Waals surface area (Å²) in [5.74, 6) is 0.800. The van der Waals surface area contributed by atoms with Gasteiger partial charge in [-0.05, 0) is 17.7 Å². The van der Waals surface area contributed by atoms with Crippen molar-refractivity contribution in [1.82, 2.24) is 14.3 Å². The van der Waals surface area contributed by atoms with Crippen molar-refractivity contribution in [2.24, 2.45) is 7.05 Å². The fraction of sp³-hybridized carbons (Fsp3) is 0.308. The molecule has 20 heavy (non-hydrogen) atoms. The summed E-state index contributed by atoms with van der Waals surface area (Å²) in [6.45, 7) is 0.335. The first-order valence-electron chi connectivity index (χ1n) is 6.24. The highest BCUT2D eigenvalue weighted by Crippen LogP contribution is 2.08. The zero-order valence-electron chi connectivity index (χ0n) is 11.3. The number of aromatic nitrogens is 2. The number of benzene rings is 1. The number of rotatable bonds is 6. The molecular weight excluding hydrogens is 276 g/mol. The third-order valence-electron chi connectivity index (χ3n) is 2.93. The molecule has 0 saturated carbocycles. The highest BCUT2D eigenvalue weighted by Gasteiger charge is 2.11. The van der Waals surface area contributed by atoms with Crippen molar-refractivity contribution in [3.8, 4) is 0 Å². The van der Waals surface area contributed by atoms with Crippen molar-refractivity contribution in [1.29, 1.82) is 0 Å². The Kier molecular flexibility index (Phi) is 4.41. The Balaban J connectivity index is 1.88. The van der Waals surface area contributed by atoms with E-state index in [2.05, 4.69) is 9.71 Å². The average Bonchev–Trinajstić information content (AvgIpc) is 2.78. The first kappa shape index (κ1) is 14.5. The summed E-state index contributed by atoms with van der Waals surface area (Å²) in [5, 5.41) is 0. The summed E-state index contributed by atoms with van der Waals surface area (Å²) in [5.41, 5.74) is 6.90. The van der Waals surface area contributed by atoms with Gasteiger partial charge in [0.15, 0.2) is 0 Å². The van der Waals surface area contributed by atoms with Crippen molar-refractivity contribution in [3.05, 3.63) is 48.0 Å². The van der Waals surface area contributed by atoms with Crippen LogP contribution in [0.2, 0.25) is 0 Å². The van der Waals surface area contributed by atoms with Crippen LogP contribution in [0.3, 0.4) is 0 Å². The average molecular weight is 294 g/mol. The molecule has 0 aliphatic carbocycles. The number of nitrogens with two attached hydrogens (primary N) is 1. The molecule has 1 aromatic heterocycles. The van der Waals surface area contributed by atoms with Gasteiger partial charge in [0.25, 0.3) is 0 Å². The largest absolute Gasteiger partial charge is 0.399 e. The molecular formula is C13H18N4O2S. The van der Waals surface area contributed by atoms with E-state index in [1.54, 1.807) is 30.5 Å². The topological polar surface area (TPSA) is 90.0 Å². The highest BCUT2D eigenvalue weighted by molar-refractivity contribution is 7.88. The van der Waals surface area contributed by atoms with E-state index in [0.717, 1.165) is 5.82 Å². The monoisotopic (exact) mass is 294 g/mol. The van der Waals surface area contributed by atoms with Gasteiger partial charge in [0, 0.05) is 38.1 Å². The molecule has 0 unspecified atom stereocenters. The Labute approximate surface area is 118 Å². The summed E-state index contributed by atoms with van der Waals surface area (Å²) in [6, 6.07) is 6.82. The lowest BCUT2D eigenvalue weighted by atomic mass is 10.2. The van der Waals surface area contributed by atoms with E-state index in [-0.39, 0.29) is 5.75 Å². The van der Waals surface area contributed by atoms with Crippen molar-refractivity contribution in [2.45, 2.75) is 12.2 Å². The highest BCUT2D eigenvalue weighted by atomic mass is 32.2. The lowest BCUT2D eigenvalue weighted by Crippen LogP contribution is -2.27. The number of nitrogens with zero attached hydrogens (tertiary/aromatic N) is 2. The lowest BCUT2D eigenvalue weighted by Gasteiger charge is -2.07. The second-order valence-corrected chi connectivity index (χ2v) is 6.41. The number of nitrogens with one attached hydrogen (secondary N) is 1. The molecule has 0 amide bonds. The summed E-state index contributed by atoms with van der Waals surface area (Å²) in [6.07, 6.45) is 4.08. The molecule has 0 radical (unpaired) electrons. The van der Waals surface area contributed by atoms with Gasteiger partial charge in [-0.15, -0.1) is 0 Å². The SMILES string of the molecule is Cn1ccnc1CCNS(=O)(=O)Cc1ccc(N)cc1. The minimum absolute atomic E-state index is 0.0478. The number of hydrogen-bond acceptors (Lipinski definition) is 4. The number of hydrogen-bond donors (Lipinski definition) is 2. The summed E-state index contributed by atoms with van der Waals surface area (Å²) in [4.78, 5) is 4.14. The molecule has 7 heteroatoms. The molecule has 1 aromatic carbocycles. The van der Waals surface area contributed by atoms with E-state index in [9.17, 15) is 8.42 Å². The van der Waals surface area contributed by atoms with Gasteiger partial charge in [-0.3, -0.25) is 0 Å². The molecule has 1 heterocycles. The minimum atomic E-state index is -3.34. The van der Waals surface area contributed by atoms with Crippen molar-refractivity contribution in [3.63, 3.8) is 0 Å². The maximum Gasteiger partial charge on any atom is 0.215 e. The summed E-state index contributed by atoms with van der Waals surface area (Å²) < 4.78 is 28.3. The van der Waals surface area contributed by atoms with Crippen molar-refractivity contribution in [2.75, 3.05) is 12.3 Å². The zero-order valence-corrected chi connectivity index (χ0v) is 12.1. The van der Waals surface area contributed by atoms with Gasteiger partial charge in [0.1, 0.15) is 5.82 Å². The number of aryl methyl sites for hydroxylation is 1. The molecule has 108 valence electrons.